The Morgan fingerprint density at radius 1 is 1.44 bits per heavy atom. The summed E-state index contributed by atoms with van der Waals surface area (Å²) in [5.74, 6) is 0.737. The fraction of sp³-hybridized carbons (Fsp3) is 0.500. The molecule has 1 aromatic carbocycles. The first kappa shape index (κ1) is 14.5. The SMILES string of the molecule is COc1cccc(CCC(=O)NC(C)(C)CO)c1. The van der Waals surface area contributed by atoms with Gasteiger partial charge in [-0.2, -0.15) is 0 Å². The molecule has 0 unspecified atom stereocenters. The van der Waals surface area contributed by atoms with Gasteiger partial charge in [0, 0.05) is 6.42 Å². The van der Waals surface area contributed by atoms with Crippen LogP contribution in [0.1, 0.15) is 25.8 Å². The van der Waals surface area contributed by atoms with Crippen LogP contribution in [0.25, 0.3) is 0 Å². The van der Waals surface area contributed by atoms with Crippen molar-refractivity contribution in [3.8, 4) is 5.75 Å². The molecule has 1 aromatic rings. The fourth-order valence-corrected chi connectivity index (χ4v) is 1.57. The number of carbonyl (C=O) groups is 1. The third-order valence-corrected chi connectivity index (χ3v) is 2.65. The van der Waals surface area contributed by atoms with Gasteiger partial charge in [-0.15, -0.1) is 0 Å². The molecule has 0 radical (unpaired) electrons. The first-order chi connectivity index (χ1) is 8.46. The summed E-state index contributed by atoms with van der Waals surface area (Å²) in [6.45, 7) is 3.50. The first-order valence-electron chi connectivity index (χ1n) is 6.01. The first-order valence-corrected chi connectivity index (χ1v) is 6.01. The van der Waals surface area contributed by atoms with E-state index in [0.717, 1.165) is 11.3 Å². The number of hydrogen-bond acceptors (Lipinski definition) is 3. The van der Waals surface area contributed by atoms with Gasteiger partial charge in [0.15, 0.2) is 0 Å². The molecule has 2 N–H and O–H groups in total. The number of nitrogens with one attached hydrogen (secondary N) is 1. The third kappa shape index (κ3) is 4.75. The molecule has 1 rings (SSSR count). The zero-order chi connectivity index (χ0) is 13.6. The lowest BCUT2D eigenvalue weighted by atomic mass is 10.1. The number of carbonyl (C=O) groups excluding carboxylic acids is 1. The molecule has 0 bridgehead atoms. The van der Waals surface area contributed by atoms with Crippen LogP contribution in [0.5, 0.6) is 5.75 Å². The van der Waals surface area contributed by atoms with Crippen LogP contribution < -0.4 is 10.1 Å². The highest BCUT2D eigenvalue weighted by Crippen LogP contribution is 2.14. The van der Waals surface area contributed by atoms with E-state index in [-0.39, 0.29) is 12.5 Å². The van der Waals surface area contributed by atoms with Crippen LogP contribution in [0, 0.1) is 0 Å². The van der Waals surface area contributed by atoms with E-state index in [2.05, 4.69) is 5.32 Å². The minimum Gasteiger partial charge on any atom is -0.497 e. The van der Waals surface area contributed by atoms with Crippen molar-refractivity contribution in [3.63, 3.8) is 0 Å². The lowest BCUT2D eigenvalue weighted by molar-refractivity contribution is -0.123. The minimum atomic E-state index is -0.564. The number of ether oxygens (including phenoxy) is 1. The molecule has 100 valence electrons. The molecule has 1 amide bonds. The number of aryl methyl sites for hydroxylation is 1. The van der Waals surface area contributed by atoms with Crippen LogP contribution in [-0.2, 0) is 11.2 Å². The van der Waals surface area contributed by atoms with Gasteiger partial charge in [0.1, 0.15) is 5.75 Å². The Kier molecular flexibility index (Phi) is 5.16. The highest BCUT2D eigenvalue weighted by atomic mass is 16.5. The molecule has 0 aliphatic heterocycles. The minimum absolute atomic E-state index is 0.0585. The lowest BCUT2D eigenvalue weighted by Gasteiger charge is -2.23. The zero-order valence-electron chi connectivity index (χ0n) is 11.2. The Morgan fingerprint density at radius 3 is 2.78 bits per heavy atom. The van der Waals surface area contributed by atoms with Crippen LogP contribution in [0.2, 0.25) is 0 Å². The van der Waals surface area contributed by atoms with E-state index in [0.29, 0.717) is 12.8 Å². The van der Waals surface area contributed by atoms with E-state index in [1.165, 1.54) is 0 Å². The van der Waals surface area contributed by atoms with Gasteiger partial charge in [0.05, 0.1) is 19.3 Å². The number of aliphatic hydroxyl groups excluding tert-OH is 1. The summed E-state index contributed by atoms with van der Waals surface area (Å²) in [6, 6.07) is 7.67. The van der Waals surface area contributed by atoms with E-state index in [4.69, 9.17) is 9.84 Å². The van der Waals surface area contributed by atoms with Crippen molar-refractivity contribution < 1.29 is 14.6 Å². The van der Waals surface area contributed by atoms with Crippen molar-refractivity contribution in [2.75, 3.05) is 13.7 Å². The molecule has 18 heavy (non-hydrogen) atoms. The van der Waals surface area contributed by atoms with Crippen molar-refractivity contribution in [1.82, 2.24) is 5.32 Å². The number of amides is 1. The normalized spacial score (nSPS) is 11.1. The second-order valence-corrected chi connectivity index (χ2v) is 4.94. The second-order valence-electron chi connectivity index (χ2n) is 4.94. The molecule has 4 nitrogen and oxygen atoms in total. The summed E-state index contributed by atoms with van der Waals surface area (Å²) in [6.07, 6.45) is 1.06. The van der Waals surface area contributed by atoms with Gasteiger partial charge in [-0.25, -0.2) is 0 Å². The van der Waals surface area contributed by atoms with Crippen molar-refractivity contribution in [2.24, 2.45) is 0 Å². The maximum Gasteiger partial charge on any atom is 0.220 e. The summed E-state index contributed by atoms with van der Waals surface area (Å²) in [5, 5.41) is 11.8. The van der Waals surface area contributed by atoms with Crippen molar-refractivity contribution in [2.45, 2.75) is 32.2 Å². The Balaban J connectivity index is 2.47. The van der Waals surface area contributed by atoms with Crippen LogP contribution in [0.3, 0.4) is 0 Å². The van der Waals surface area contributed by atoms with Crippen molar-refractivity contribution in [1.29, 1.82) is 0 Å². The molecular weight excluding hydrogens is 230 g/mol. The number of methoxy groups -OCH3 is 1. The number of benzene rings is 1. The molecule has 0 saturated carbocycles. The van der Waals surface area contributed by atoms with Crippen LogP contribution >= 0.6 is 0 Å². The zero-order valence-corrected chi connectivity index (χ0v) is 11.2. The summed E-state index contributed by atoms with van der Waals surface area (Å²) >= 11 is 0. The lowest BCUT2D eigenvalue weighted by Crippen LogP contribution is -2.46. The van der Waals surface area contributed by atoms with Gasteiger partial charge in [-0.05, 0) is 38.0 Å². The second kappa shape index (κ2) is 6.40. The Hall–Kier alpha value is -1.55. The van der Waals surface area contributed by atoms with E-state index >= 15 is 0 Å². The Bertz CT molecular complexity index is 402. The van der Waals surface area contributed by atoms with Gasteiger partial charge >= 0.3 is 0 Å². The molecule has 4 heteroatoms. The predicted octanol–water partition coefficient (Wildman–Crippen LogP) is 1.51. The Morgan fingerprint density at radius 2 is 2.17 bits per heavy atom. The van der Waals surface area contributed by atoms with Crippen molar-refractivity contribution in [3.05, 3.63) is 29.8 Å². The summed E-state index contributed by atoms with van der Waals surface area (Å²) in [7, 11) is 1.62. The quantitative estimate of drug-likeness (QED) is 0.806. The standard InChI is InChI=1S/C14H21NO3/c1-14(2,10-16)15-13(17)8-7-11-5-4-6-12(9-11)18-3/h4-6,9,16H,7-8,10H2,1-3H3,(H,15,17). The Labute approximate surface area is 108 Å². The van der Waals surface area contributed by atoms with Gasteiger partial charge in [-0.1, -0.05) is 12.1 Å². The van der Waals surface area contributed by atoms with E-state index in [1.807, 2.05) is 24.3 Å². The molecule has 0 spiro atoms. The monoisotopic (exact) mass is 251 g/mol. The van der Waals surface area contributed by atoms with Gasteiger partial charge in [-0.3, -0.25) is 4.79 Å². The average Bonchev–Trinajstić information content (AvgIpc) is 2.36. The highest BCUT2D eigenvalue weighted by Gasteiger charge is 2.18. The largest absolute Gasteiger partial charge is 0.497 e. The molecule has 0 fully saturated rings. The molecule has 0 saturated heterocycles. The predicted molar refractivity (Wildman–Crippen MR) is 70.6 cm³/mol. The number of aliphatic hydroxyl groups is 1. The third-order valence-electron chi connectivity index (χ3n) is 2.65. The maximum atomic E-state index is 11.7. The van der Waals surface area contributed by atoms with Gasteiger partial charge < -0.3 is 15.2 Å². The summed E-state index contributed by atoms with van der Waals surface area (Å²) in [5.41, 5.74) is 0.497. The van der Waals surface area contributed by atoms with E-state index in [1.54, 1.807) is 21.0 Å². The van der Waals surface area contributed by atoms with Crippen molar-refractivity contribution >= 4 is 5.91 Å². The van der Waals surface area contributed by atoms with Crippen LogP contribution in [-0.4, -0.2) is 30.3 Å². The smallest absolute Gasteiger partial charge is 0.220 e. The van der Waals surface area contributed by atoms with Crippen LogP contribution in [0.4, 0.5) is 0 Å². The molecular formula is C14H21NO3. The average molecular weight is 251 g/mol. The van der Waals surface area contributed by atoms with E-state index in [9.17, 15) is 4.79 Å². The molecule has 0 aromatic heterocycles. The molecule has 0 heterocycles. The molecule has 0 aliphatic rings. The number of hydrogen-bond donors (Lipinski definition) is 2. The summed E-state index contributed by atoms with van der Waals surface area (Å²) < 4.78 is 5.13. The highest BCUT2D eigenvalue weighted by molar-refractivity contribution is 5.77. The summed E-state index contributed by atoms with van der Waals surface area (Å²) in [4.78, 5) is 11.7. The van der Waals surface area contributed by atoms with Gasteiger partial charge in [0.25, 0.3) is 0 Å². The molecule has 0 atom stereocenters. The van der Waals surface area contributed by atoms with Gasteiger partial charge in [0.2, 0.25) is 5.91 Å². The van der Waals surface area contributed by atoms with Crippen LogP contribution in [0.15, 0.2) is 24.3 Å². The maximum absolute atomic E-state index is 11.7. The molecule has 0 aliphatic carbocycles. The topological polar surface area (TPSA) is 58.6 Å². The van der Waals surface area contributed by atoms with E-state index < -0.39 is 5.54 Å². The number of rotatable bonds is 6. The fourth-order valence-electron chi connectivity index (χ4n) is 1.57.